The second kappa shape index (κ2) is 6.12. The van der Waals surface area contributed by atoms with E-state index in [0.29, 0.717) is 12.2 Å². The van der Waals surface area contributed by atoms with Gasteiger partial charge in [0.2, 0.25) is 11.7 Å². The Balaban J connectivity index is 2.18. The summed E-state index contributed by atoms with van der Waals surface area (Å²) in [7, 11) is 0. The van der Waals surface area contributed by atoms with Gasteiger partial charge < -0.3 is 11.1 Å². The number of hydrogen-bond acceptors (Lipinski definition) is 4. The lowest BCUT2D eigenvalue weighted by molar-refractivity contribution is 0.0994. The van der Waals surface area contributed by atoms with Gasteiger partial charge in [0, 0.05) is 12.0 Å². The number of nitrogens with zero attached hydrogens (tertiary/aromatic N) is 2. The molecule has 2 aromatic rings. The highest BCUT2D eigenvalue weighted by molar-refractivity contribution is 6.02. The normalized spacial score (nSPS) is 10.4. The molecule has 0 atom stereocenters. The Labute approximate surface area is 119 Å². The number of anilines is 1. The maximum Gasteiger partial charge on any atom is 0.295 e. The van der Waals surface area contributed by atoms with Crippen molar-refractivity contribution in [1.29, 1.82) is 0 Å². The predicted octanol–water partition coefficient (Wildman–Crippen LogP) is 1.25. The molecule has 2 amide bonds. The lowest BCUT2D eigenvalue weighted by Crippen LogP contribution is -2.16. The third-order valence-electron chi connectivity index (χ3n) is 2.72. The average molecular weight is 291 g/mol. The van der Waals surface area contributed by atoms with Gasteiger partial charge in [-0.3, -0.25) is 14.7 Å². The van der Waals surface area contributed by atoms with Gasteiger partial charge in [0.25, 0.3) is 5.91 Å². The number of nitrogens with two attached hydrogens (primary N) is 1. The number of aromatic nitrogens is 3. The molecule has 0 saturated carbocycles. The van der Waals surface area contributed by atoms with E-state index in [0.717, 1.165) is 18.6 Å². The first kappa shape index (κ1) is 14.6. The van der Waals surface area contributed by atoms with Crippen LogP contribution in [0.3, 0.4) is 0 Å². The molecule has 0 fully saturated rings. The molecule has 0 radical (unpaired) electrons. The lowest BCUT2D eigenvalue weighted by Gasteiger charge is -2.05. The van der Waals surface area contributed by atoms with Gasteiger partial charge in [-0.05, 0) is 24.6 Å². The van der Waals surface area contributed by atoms with Crippen molar-refractivity contribution >= 4 is 17.5 Å². The number of primary amides is 1. The van der Waals surface area contributed by atoms with Gasteiger partial charge in [-0.2, -0.15) is 0 Å². The first-order valence-electron chi connectivity index (χ1n) is 6.33. The van der Waals surface area contributed by atoms with E-state index in [1.165, 1.54) is 6.07 Å². The minimum absolute atomic E-state index is 0.0911. The Morgan fingerprint density at radius 2 is 2.19 bits per heavy atom. The third-order valence-corrected chi connectivity index (χ3v) is 2.72. The van der Waals surface area contributed by atoms with Crippen molar-refractivity contribution < 1.29 is 14.0 Å². The molecule has 0 aliphatic heterocycles. The van der Waals surface area contributed by atoms with E-state index >= 15 is 0 Å². The molecule has 1 aromatic heterocycles. The minimum Gasteiger partial charge on any atom is -0.366 e. The number of hydrogen-bond donors (Lipinski definition) is 3. The Kier molecular flexibility index (Phi) is 4.27. The highest BCUT2D eigenvalue weighted by Gasteiger charge is 2.15. The van der Waals surface area contributed by atoms with Crippen LogP contribution in [0.1, 0.15) is 40.1 Å². The van der Waals surface area contributed by atoms with Crippen LogP contribution in [0.5, 0.6) is 0 Å². The first-order valence-corrected chi connectivity index (χ1v) is 6.33. The van der Waals surface area contributed by atoms with Crippen molar-refractivity contribution in [3.63, 3.8) is 0 Å². The van der Waals surface area contributed by atoms with Crippen molar-refractivity contribution in [1.82, 2.24) is 15.2 Å². The summed E-state index contributed by atoms with van der Waals surface area (Å²) in [4.78, 5) is 27.0. The summed E-state index contributed by atoms with van der Waals surface area (Å²) in [5.41, 5.74) is 5.04. The molecule has 0 aliphatic carbocycles. The fourth-order valence-electron chi connectivity index (χ4n) is 1.70. The van der Waals surface area contributed by atoms with Crippen LogP contribution < -0.4 is 11.1 Å². The van der Waals surface area contributed by atoms with Crippen molar-refractivity contribution in [2.24, 2.45) is 5.73 Å². The molecule has 0 unspecified atom stereocenters. The molecule has 4 N–H and O–H groups in total. The zero-order valence-corrected chi connectivity index (χ0v) is 11.3. The lowest BCUT2D eigenvalue weighted by atomic mass is 10.2. The number of carbonyl (C=O) groups excluding carboxylic acids is 2. The number of halogens is 1. The number of aryl methyl sites for hydroxylation is 1. The topological polar surface area (TPSA) is 114 Å². The molecule has 2 rings (SSSR count). The Hall–Kier alpha value is -2.77. The van der Waals surface area contributed by atoms with Gasteiger partial charge in [0.05, 0.1) is 5.69 Å². The van der Waals surface area contributed by atoms with Crippen molar-refractivity contribution in [2.75, 3.05) is 5.32 Å². The second-order valence-corrected chi connectivity index (χ2v) is 4.37. The minimum atomic E-state index is -0.714. The fourth-order valence-corrected chi connectivity index (χ4v) is 1.70. The standard InChI is InChI=1S/C13H14FN5O2/c1-2-3-10-17-12(19-18-10)13(21)16-9-6-7(11(15)20)4-5-8(9)14/h4-6H,2-3H2,1H3,(H2,15,20)(H,16,21)(H,17,18,19). The van der Waals surface area contributed by atoms with Crippen LogP contribution in [0.4, 0.5) is 10.1 Å². The van der Waals surface area contributed by atoms with E-state index in [1.807, 2.05) is 6.92 Å². The van der Waals surface area contributed by atoms with E-state index < -0.39 is 17.6 Å². The molecular formula is C13H14FN5O2. The maximum atomic E-state index is 13.6. The van der Waals surface area contributed by atoms with Crippen LogP contribution in [0.25, 0.3) is 0 Å². The molecule has 8 heteroatoms. The third kappa shape index (κ3) is 3.41. The van der Waals surface area contributed by atoms with E-state index in [1.54, 1.807) is 0 Å². The molecule has 110 valence electrons. The number of aromatic amines is 1. The van der Waals surface area contributed by atoms with Gasteiger partial charge in [-0.1, -0.05) is 6.92 Å². The summed E-state index contributed by atoms with van der Waals surface area (Å²) >= 11 is 0. The molecule has 21 heavy (non-hydrogen) atoms. The van der Waals surface area contributed by atoms with Gasteiger partial charge in [0.1, 0.15) is 11.6 Å². The summed E-state index contributed by atoms with van der Waals surface area (Å²) in [5.74, 6) is -1.59. The van der Waals surface area contributed by atoms with Crippen LogP contribution in [0.15, 0.2) is 18.2 Å². The van der Waals surface area contributed by atoms with E-state index in [2.05, 4.69) is 20.5 Å². The SMILES string of the molecule is CCCc1nc(C(=O)Nc2cc(C(N)=O)ccc2F)n[nH]1. The predicted molar refractivity (Wildman–Crippen MR) is 73.2 cm³/mol. The van der Waals surface area contributed by atoms with Crippen LogP contribution in [0, 0.1) is 5.82 Å². The van der Waals surface area contributed by atoms with Crippen LogP contribution in [-0.2, 0) is 6.42 Å². The molecular weight excluding hydrogens is 277 g/mol. The van der Waals surface area contributed by atoms with Crippen molar-refractivity contribution in [2.45, 2.75) is 19.8 Å². The molecule has 0 bridgehead atoms. The number of H-pyrrole nitrogens is 1. The monoisotopic (exact) mass is 291 g/mol. The number of rotatable bonds is 5. The average Bonchev–Trinajstić information content (AvgIpc) is 2.90. The number of benzene rings is 1. The summed E-state index contributed by atoms with van der Waals surface area (Å²) in [5, 5.41) is 8.69. The van der Waals surface area contributed by atoms with Crippen molar-refractivity contribution in [3.05, 3.63) is 41.2 Å². The van der Waals surface area contributed by atoms with Crippen LogP contribution >= 0.6 is 0 Å². The van der Waals surface area contributed by atoms with Crippen molar-refractivity contribution in [3.8, 4) is 0 Å². The molecule has 0 saturated heterocycles. The zero-order chi connectivity index (χ0) is 15.4. The molecule has 7 nitrogen and oxygen atoms in total. The summed E-state index contributed by atoms with van der Waals surface area (Å²) in [6.07, 6.45) is 1.51. The zero-order valence-electron chi connectivity index (χ0n) is 11.3. The number of nitrogens with one attached hydrogen (secondary N) is 2. The van der Waals surface area contributed by atoms with E-state index in [-0.39, 0.29) is 17.1 Å². The smallest absolute Gasteiger partial charge is 0.295 e. The van der Waals surface area contributed by atoms with Gasteiger partial charge in [-0.25, -0.2) is 9.37 Å². The highest BCUT2D eigenvalue weighted by atomic mass is 19.1. The summed E-state index contributed by atoms with van der Waals surface area (Å²) < 4.78 is 13.6. The highest BCUT2D eigenvalue weighted by Crippen LogP contribution is 2.16. The quantitative estimate of drug-likeness (QED) is 0.769. The van der Waals surface area contributed by atoms with E-state index in [4.69, 9.17) is 5.73 Å². The summed E-state index contributed by atoms with van der Waals surface area (Å²) in [6, 6.07) is 3.45. The van der Waals surface area contributed by atoms with Gasteiger partial charge in [0.15, 0.2) is 0 Å². The Morgan fingerprint density at radius 1 is 1.43 bits per heavy atom. The largest absolute Gasteiger partial charge is 0.366 e. The van der Waals surface area contributed by atoms with Gasteiger partial charge in [-0.15, -0.1) is 5.10 Å². The van der Waals surface area contributed by atoms with E-state index in [9.17, 15) is 14.0 Å². The van der Waals surface area contributed by atoms with Crippen LogP contribution in [0.2, 0.25) is 0 Å². The molecule has 1 aromatic carbocycles. The molecule has 0 aliphatic rings. The Morgan fingerprint density at radius 3 is 2.86 bits per heavy atom. The number of carbonyl (C=O) groups is 2. The number of amides is 2. The van der Waals surface area contributed by atoms with Crippen LogP contribution in [-0.4, -0.2) is 27.0 Å². The molecule has 0 spiro atoms. The fraction of sp³-hybridized carbons (Fsp3) is 0.231. The second-order valence-electron chi connectivity index (χ2n) is 4.37. The first-order chi connectivity index (χ1) is 10.0. The molecule has 1 heterocycles. The Bertz CT molecular complexity index is 683. The maximum absolute atomic E-state index is 13.6. The summed E-state index contributed by atoms with van der Waals surface area (Å²) in [6.45, 7) is 1.97. The van der Waals surface area contributed by atoms with Gasteiger partial charge >= 0.3 is 0 Å².